The Labute approximate surface area is 93.0 Å². The van der Waals surface area contributed by atoms with Crippen LogP contribution >= 0.6 is 0 Å². The maximum atomic E-state index is 12.3. The molecular weight excluding hydrogens is 241 g/mol. The molecule has 0 bridgehead atoms. The van der Waals surface area contributed by atoms with Crippen LogP contribution in [-0.4, -0.2) is 17.1 Å². The minimum atomic E-state index is -4.66. The summed E-state index contributed by atoms with van der Waals surface area (Å²) in [5.41, 5.74) is 2.66. The van der Waals surface area contributed by atoms with Crippen LogP contribution in [0, 0.1) is 0 Å². The third kappa shape index (κ3) is 3.10. The van der Waals surface area contributed by atoms with Gasteiger partial charge >= 0.3 is 18.2 Å². The Morgan fingerprint density at radius 3 is 2.29 bits per heavy atom. The summed E-state index contributed by atoms with van der Waals surface area (Å²) in [6.07, 6.45) is -4.66. The molecule has 4 N–H and O–H groups in total. The van der Waals surface area contributed by atoms with Gasteiger partial charge < -0.3 is 16.2 Å². The van der Waals surface area contributed by atoms with E-state index < -0.39 is 29.3 Å². The molecule has 8 heteroatoms. The summed E-state index contributed by atoms with van der Waals surface area (Å²) in [4.78, 5) is 21.2. The van der Waals surface area contributed by atoms with E-state index in [4.69, 9.17) is 10.8 Å². The van der Waals surface area contributed by atoms with Crippen LogP contribution in [0.15, 0.2) is 18.2 Å². The molecule has 1 rings (SSSR count). The van der Waals surface area contributed by atoms with Gasteiger partial charge in [0.2, 0.25) is 0 Å². The van der Waals surface area contributed by atoms with Crippen molar-refractivity contribution in [2.24, 2.45) is 5.73 Å². The number of primary amides is 1. The molecule has 17 heavy (non-hydrogen) atoms. The highest BCUT2D eigenvalue weighted by atomic mass is 19.4. The lowest BCUT2D eigenvalue weighted by Crippen LogP contribution is -2.21. The zero-order valence-electron chi connectivity index (χ0n) is 8.21. The predicted octanol–water partition coefficient (Wildman–Crippen LogP) is 1.89. The van der Waals surface area contributed by atoms with E-state index in [9.17, 15) is 22.8 Å². The summed E-state index contributed by atoms with van der Waals surface area (Å²) in [6, 6.07) is 0.842. The molecule has 0 heterocycles. The average molecular weight is 248 g/mol. The van der Waals surface area contributed by atoms with Gasteiger partial charge in [0.1, 0.15) is 0 Å². The van der Waals surface area contributed by atoms with Crippen molar-refractivity contribution < 1.29 is 27.9 Å². The quantitative estimate of drug-likeness (QED) is 0.746. The number of rotatable bonds is 2. The summed E-state index contributed by atoms with van der Waals surface area (Å²) < 4.78 is 37.0. The van der Waals surface area contributed by atoms with Crippen LogP contribution in [0.1, 0.15) is 15.9 Å². The highest BCUT2D eigenvalue weighted by Crippen LogP contribution is 2.31. The number of halogens is 3. The zero-order chi connectivity index (χ0) is 13.2. The number of hydrogen-bond acceptors (Lipinski definition) is 2. The van der Waals surface area contributed by atoms with Crippen molar-refractivity contribution in [3.05, 3.63) is 29.3 Å². The first-order valence-corrected chi connectivity index (χ1v) is 4.23. The molecule has 0 unspecified atom stereocenters. The van der Waals surface area contributed by atoms with E-state index in [2.05, 4.69) is 0 Å². The Bertz CT molecular complexity index is 471. The van der Waals surface area contributed by atoms with Crippen molar-refractivity contribution in [1.82, 2.24) is 0 Å². The number of carbonyl (C=O) groups excluding carboxylic acids is 1. The minimum Gasteiger partial charge on any atom is -0.478 e. The molecule has 0 spiro atoms. The van der Waals surface area contributed by atoms with E-state index in [0.29, 0.717) is 12.1 Å². The number of anilines is 1. The van der Waals surface area contributed by atoms with E-state index in [1.54, 1.807) is 0 Å². The lowest BCUT2D eigenvalue weighted by molar-refractivity contribution is -0.137. The third-order valence-electron chi connectivity index (χ3n) is 1.84. The first-order valence-electron chi connectivity index (χ1n) is 4.23. The van der Waals surface area contributed by atoms with Crippen LogP contribution < -0.4 is 11.1 Å². The summed E-state index contributed by atoms with van der Waals surface area (Å²) >= 11 is 0. The summed E-state index contributed by atoms with van der Waals surface area (Å²) in [6.45, 7) is 0. The predicted molar refractivity (Wildman–Crippen MR) is 51.6 cm³/mol. The smallest absolute Gasteiger partial charge is 0.416 e. The van der Waals surface area contributed by atoms with Crippen molar-refractivity contribution in [2.75, 3.05) is 5.32 Å². The number of benzene rings is 1. The highest BCUT2D eigenvalue weighted by molar-refractivity contribution is 5.99. The fraction of sp³-hybridized carbons (Fsp3) is 0.111. The zero-order valence-corrected chi connectivity index (χ0v) is 8.21. The molecule has 1 aromatic rings. The topological polar surface area (TPSA) is 92.4 Å². The third-order valence-corrected chi connectivity index (χ3v) is 1.84. The van der Waals surface area contributed by atoms with Gasteiger partial charge in [-0.25, -0.2) is 9.59 Å². The van der Waals surface area contributed by atoms with Gasteiger partial charge in [-0.15, -0.1) is 0 Å². The number of amides is 2. The normalized spacial score (nSPS) is 11.0. The lowest BCUT2D eigenvalue weighted by atomic mass is 10.1. The van der Waals surface area contributed by atoms with Crippen molar-refractivity contribution in [3.63, 3.8) is 0 Å². The molecule has 0 aliphatic carbocycles. The summed E-state index contributed by atoms with van der Waals surface area (Å²) in [5, 5.41) is 10.6. The first kappa shape index (κ1) is 12.8. The van der Waals surface area contributed by atoms with Crippen molar-refractivity contribution in [3.8, 4) is 0 Å². The molecule has 0 atom stereocenters. The van der Waals surface area contributed by atoms with E-state index in [1.807, 2.05) is 5.32 Å². The molecule has 2 amide bonds. The number of nitrogens with one attached hydrogen (secondary N) is 1. The molecule has 0 saturated heterocycles. The van der Waals surface area contributed by atoms with Crippen molar-refractivity contribution in [2.45, 2.75) is 6.18 Å². The second-order valence-corrected chi connectivity index (χ2v) is 3.05. The Morgan fingerprint density at radius 2 is 1.88 bits per heavy atom. The number of carboxylic acid groups (broad SMARTS) is 1. The number of carbonyl (C=O) groups is 2. The Kier molecular flexibility index (Phi) is 3.26. The van der Waals surface area contributed by atoms with Crippen molar-refractivity contribution >= 4 is 17.7 Å². The Morgan fingerprint density at radius 1 is 1.29 bits per heavy atom. The fourth-order valence-electron chi connectivity index (χ4n) is 1.14. The van der Waals surface area contributed by atoms with Gasteiger partial charge in [-0.3, -0.25) is 0 Å². The van der Waals surface area contributed by atoms with Crippen molar-refractivity contribution in [1.29, 1.82) is 0 Å². The second-order valence-electron chi connectivity index (χ2n) is 3.05. The van der Waals surface area contributed by atoms with E-state index in [1.165, 1.54) is 0 Å². The number of carboxylic acids is 1. The SMILES string of the molecule is NC(=O)Nc1ccc(C(F)(F)F)cc1C(=O)O. The van der Waals surface area contributed by atoms with Crippen LogP contribution in [-0.2, 0) is 6.18 Å². The number of hydrogen-bond donors (Lipinski definition) is 3. The molecule has 5 nitrogen and oxygen atoms in total. The van der Waals surface area contributed by atoms with Gasteiger partial charge in [-0.2, -0.15) is 13.2 Å². The van der Waals surface area contributed by atoms with Gasteiger partial charge in [0.25, 0.3) is 0 Å². The lowest BCUT2D eigenvalue weighted by Gasteiger charge is -2.10. The Hall–Kier alpha value is -2.25. The Balaban J connectivity index is 3.27. The molecule has 0 saturated carbocycles. The summed E-state index contributed by atoms with van der Waals surface area (Å²) in [7, 11) is 0. The van der Waals surface area contributed by atoms with Crippen LogP contribution in [0.5, 0.6) is 0 Å². The van der Waals surface area contributed by atoms with Gasteiger partial charge in [-0.1, -0.05) is 0 Å². The number of urea groups is 1. The molecule has 0 aliphatic rings. The van der Waals surface area contributed by atoms with Crippen LogP contribution in [0.25, 0.3) is 0 Å². The van der Waals surface area contributed by atoms with Gasteiger partial charge in [0, 0.05) is 0 Å². The van der Waals surface area contributed by atoms with Gasteiger partial charge in [0.15, 0.2) is 0 Å². The molecule has 92 valence electrons. The largest absolute Gasteiger partial charge is 0.478 e. The first-order chi connectivity index (χ1) is 7.71. The highest BCUT2D eigenvalue weighted by Gasteiger charge is 2.31. The number of aromatic carboxylic acids is 1. The molecule has 0 radical (unpaired) electrons. The minimum absolute atomic E-state index is 0.294. The standard InChI is InChI=1S/C9H7F3N2O3/c10-9(11,12)4-1-2-6(14-8(13)17)5(3-4)7(15)16/h1-3H,(H,15,16)(H3,13,14,17). The van der Waals surface area contributed by atoms with Gasteiger partial charge in [-0.05, 0) is 18.2 Å². The van der Waals surface area contributed by atoms with E-state index >= 15 is 0 Å². The van der Waals surface area contributed by atoms with Crippen LogP contribution in [0.2, 0.25) is 0 Å². The second kappa shape index (κ2) is 4.32. The summed E-state index contributed by atoms with van der Waals surface area (Å²) in [5.74, 6) is -1.60. The molecule has 0 aliphatic heterocycles. The molecular formula is C9H7F3N2O3. The molecule has 0 fully saturated rings. The van der Waals surface area contributed by atoms with E-state index in [0.717, 1.165) is 6.07 Å². The molecule has 1 aromatic carbocycles. The van der Waals surface area contributed by atoms with Crippen LogP contribution in [0.4, 0.5) is 23.7 Å². The van der Waals surface area contributed by atoms with E-state index in [-0.39, 0.29) is 5.69 Å². The maximum Gasteiger partial charge on any atom is 0.416 e. The molecule has 0 aromatic heterocycles. The maximum absolute atomic E-state index is 12.3. The van der Waals surface area contributed by atoms with Gasteiger partial charge in [0.05, 0.1) is 16.8 Å². The van der Waals surface area contributed by atoms with Crippen LogP contribution in [0.3, 0.4) is 0 Å². The fourth-order valence-corrected chi connectivity index (χ4v) is 1.14. The average Bonchev–Trinajstić information content (AvgIpc) is 2.15. The number of alkyl halides is 3. The number of nitrogens with two attached hydrogens (primary N) is 1. The monoisotopic (exact) mass is 248 g/mol.